The van der Waals surface area contributed by atoms with E-state index in [1.165, 1.54) is 6.92 Å². The smallest absolute Gasteiger partial charge is 0.348 e. The molecule has 1 aromatic rings. The summed E-state index contributed by atoms with van der Waals surface area (Å²) in [5.41, 5.74) is -0.643. The Morgan fingerprint density at radius 1 is 1.15 bits per heavy atom. The molecule has 1 amide bonds. The van der Waals surface area contributed by atoms with Gasteiger partial charge in [-0.15, -0.1) is 0 Å². The van der Waals surface area contributed by atoms with Crippen LogP contribution in [0.15, 0.2) is 24.0 Å². The highest BCUT2D eigenvalue weighted by Gasteiger charge is 2.72. The highest BCUT2D eigenvalue weighted by molar-refractivity contribution is 5.89. The van der Waals surface area contributed by atoms with Crippen LogP contribution in [0.3, 0.4) is 0 Å². The second-order valence-corrected chi connectivity index (χ2v) is 13.0. The normalized spacial score (nSPS) is 27.7. The highest BCUT2D eigenvalue weighted by Crippen LogP contribution is 2.65. The number of benzene rings is 1. The summed E-state index contributed by atoms with van der Waals surface area (Å²) in [6.45, 7) is 6.45. The Labute approximate surface area is 265 Å². The summed E-state index contributed by atoms with van der Waals surface area (Å²) in [6.07, 6.45) is -2.10. The lowest BCUT2D eigenvalue weighted by Gasteiger charge is -2.61. The third kappa shape index (κ3) is 5.57. The van der Waals surface area contributed by atoms with E-state index in [1.807, 2.05) is 13.1 Å². The molecule has 2 heterocycles. The van der Waals surface area contributed by atoms with Crippen LogP contribution in [-0.4, -0.2) is 99.6 Å². The molecule has 0 aromatic heterocycles. The van der Waals surface area contributed by atoms with Crippen molar-refractivity contribution in [2.75, 3.05) is 13.6 Å². The summed E-state index contributed by atoms with van der Waals surface area (Å²) in [7, 11) is 1.95. The molecule has 1 saturated heterocycles. The number of carbonyl (C=O) groups excluding carboxylic acids is 4. The summed E-state index contributed by atoms with van der Waals surface area (Å²) >= 11 is 0. The molecular formula is C32H40N2O12. The predicted octanol–water partition coefficient (Wildman–Crippen LogP) is 1.08. The van der Waals surface area contributed by atoms with Crippen LogP contribution in [0.25, 0.3) is 0 Å². The topological polar surface area (TPSA) is 198 Å². The number of piperidine rings is 1. The minimum atomic E-state index is -1.77. The zero-order chi connectivity index (χ0) is 33.7. The number of likely N-dealkylation sites (tertiary alicyclic amines) is 1. The number of nitrogens with zero attached hydrogens (tertiary/aromatic N) is 1. The van der Waals surface area contributed by atoms with Gasteiger partial charge in [0.25, 0.3) is 5.91 Å². The van der Waals surface area contributed by atoms with Crippen LogP contribution in [0.5, 0.6) is 11.5 Å². The lowest BCUT2D eigenvalue weighted by molar-refractivity contribution is -0.177. The van der Waals surface area contributed by atoms with Gasteiger partial charge in [0, 0.05) is 24.9 Å². The van der Waals surface area contributed by atoms with Gasteiger partial charge < -0.3 is 44.5 Å². The number of phenolic OH excluding ortho intramolecular Hbond substituents is 1. The van der Waals surface area contributed by atoms with Crippen LogP contribution in [0, 0.1) is 5.92 Å². The van der Waals surface area contributed by atoms with Crippen molar-refractivity contribution in [3.05, 3.63) is 35.1 Å². The number of carbonyl (C=O) groups is 5. The van der Waals surface area contributed by atoms with E-state index in [-0.39, 0.29) is 42.1 Å². The molecule has 250 valence electrons. The number of nitrogens with one attached hydrogen (secondary N) is 1. The van der Waals surface area contributed by atoms with E-state index >= 15 is 0 Å². The molecule has 7 atom stereocenters. The van der Waals surface area contributed by atoms with Gasteiger partial charge in [-0.2, -0.15) is 0 Å². The number of esters is 3. The third-order valence-corrected chi connectivity index (χ3v) is 9.49. The lowest BCUT2D eigenvalue weighted by atomic mass is 9.50. The summed E-state index contributed by atoms with van der Waals surface area (Å²) in [4.78, 5) is 64.3. The van der Waals surface area contributed by atoms with Crippen LogP contribution >= 0.6 is 0 Å². The van der Waals surface area contributed by atoms with Gasteiger partial charge in [0.2, 0.25) is 6.10 Å². The molecular weight excluding hydrogens is 604 g/mol. The van der Waals surface area contributed by atoms with Crippen molar-refractivity contribution in [2.45, 2.75) is 101 Å². The maximum absolute atomic E-state index is 13.3. The van der Waals surface area contributed by atoms with Gasteiger partial charge in [-0.3, -0.25) is 14.4 Å². The van der Waals surface area contributed by atoms with Gasteiger partial charge in [-0.25, -0.2) is 9.59 Å². The molecule has 0 radical (unpaired) electrons. The Hall–Kier alpha value is -4.17. The second kappa shape index (κ2) is 12.2. The summed E-state index contributed by atoms with van der Waals surface area (Å²) in [5.74, 6) is -5.01. The maximum atomic E-state index is 13.3. The number of aromatic hydroxyl groups is 1. The molecule has 2 aliphatic heterocycles. The number of ether oxygens (including phenoxy) is 4. The van der Waals surface area contributed by atoms with Crippen molar-refractivity contribution in [1.82, 2.24) is 10.2 Å². The van der Waals surface area contributed by atoms with Gasteiger partial charge in [-0.05, 0) is 63.4 Å². The number of rotatable bonds is 11. The molecule has 2 bridgehead atoms. The first-order valence-corrected chi connectivity index (χ1v) is 15.3. The van der Waals surface area contributed by atoms with Crippen molar-refractivity contribution < 1.29 is 58.2 Å². The summed E-state index contributed by atoms with van der Waals surface area (Å²) in [5, 5.41) is 34.7. The summed E-state index contributed by atoms with van der Waals surface area (Å²) in [6, 6.07) is 1.91. The fraction of sp³-hybridized carbons (Fsp3) is 0.594. The number of amides is 1. The van der Waals surface area contributed by atoms with Crippen molar-refractivity contribution in [1.29, 1.82) is 0 Å². The monoisotopic (exact) mass is 644 g/mol. The van der Waals surface area contributed by atoms with E-state index in [0.29, 0.717) is 24.9 Å². The van der Waals surface area contributed by atoms with Crippen LogP contribution in [-0.2, 0) is 50.0 Å². The van der Waals surface area contributed by atoms with Gasteiger partial charge >= 0.3 is 23.9 Å². The Kier molecular flexibility index (Phi) is 8.81. The molecule has 4 aliphatic rings. The van der Waals surface area contributed by atoms with Crippen LogP contribution < -0.4 is 10.1 Å². The van der Waals surface area contributed by atoms with E-state index in [4.69, 9.17) is 18.9 Å². The molecule has 4 N–H and O–H groups in total. The number of hydrogen-bond acceptors (Lipinski definition) is 12. The number of phenols is 1. The molecule has 14 heteroatoms. The van der Waals surface area contributed by atoms with E-state index in [2.05, 4.69) is 10.2 Å². The number of aliphatic hydroxyl groups is 1. The first-order chi connectivity index (χ1) is 21.6. The van der Waals surface area contributed by atoms with Crippen molar-refractivity contribution in [2.24, 2.45) is 5.92 Å². The van der Waals surface area contributed by atoms with Gasteiger partial charge in [0.1, 0.15) is 11.8 Å². The average molecular weight is 645 g/mol. The molecule has 46 heavy (non-hydrogen) atoms. The van der Waals surface area contributed by atoms with Crippen LogP contribution in [0.1, 0.15) is 64.5 Å². The zero-order valence-corrected chi connectivity index (χ0v) is 26.4. The fourth-order valence-electron chi connectivity index (χ4n) is 7.42. The van der Waals surface area contributed by atoms with E-state index in [9.17, 15) is 39.3 Å². The summed E-state index contributed by atoms with van der Waals surface area (Å²) < 4.78 is 22.2. The quantitative estimate of drug-likeness (QED) is 0.197. The number of aliphatic carboxylic acids is 1. The Morgan fingerprint density at radius 2 is 1.87 bits per heavy atom. The SMILES string of the molecule is CC(=O)OC(CC(=O)OC1=CC[C@@]2(O)[C@H]3Cc4ccc(O)c5c4[C@@]2(CCN3C)[C@H]1O5)C(=O)OC(C)C(=O)NC(CC(C)C)C(=O)O. The van der Waals surface area contributed by atoms with Gasteiger partial charge in [0.05, 0.1) is 17.4 Å². The molecule has 14 nitrogen and oxygen atoms in total. The van der Waals surface area contributed by atoms with Crippen molar-refractivity contribution >= 4 is 29.8 Å². The molecule has 1 fully saturated rings. The van der Waals surface area contributed by atoms with Gasteiger partial charge in [0.15, 0.2) is 23.7 Å². The van der Waals surface area contributed by atoms with E-state index < -0.39 is 71.6 Å². The van der Waals surface area contributed by atoms with Crippen molar-refractivity contribution in [3.63, 3.8) is 0 Å². The average Bonchev–Trinajstić information content (AvgIpc) is 3.32. The number of hydrogen-bond donors (Lipinski definition) is 4. The second-order valence-electron chi connectivity index (χ2n) is 13.0. The zero-order valence-electron chi connectivity index (χ0n) is 26.4. The first-order valence-electron chi connectivity index (χ1n) is 15.3. The Balaban J connectivity index is 1.31. The Bertz CT molecular complexity index is 1490. The predicted molar refractivity (Wildman–Crippen MR) is 157 cm³/mol. The van der Waals surface area contributed by atoms with Gasteiger partial charge in [-0.1, -0.05) is 19.9 Å². The third-order valence-electron chi connectivity index (χ3n) is 9.49. The number of carboxylic acid groups (broad SMARTS) is 1. The molecule has 1 aromatic carbocycles. The maximum Gasteiger partial charge on any atom is 0.348 e. The Morgan fingerprint density at radius 3 is 2.52 bits per heavy atom. The largest absolute Gasteiger partial charge is 0.504 e. The number of likely N-dealkylation sites (N-methyl/N-ethyl adjacent to an activating group) is 1. The lowest BCUT2D eigenvalue weighted by Crippen LogP contribution is -2.74. The minimum absolute atomic E-state index is 0.0400. The van der Waals surface area contributed by atoms with E-state index in [1.54, 1.807) is 26.0 Å². The molecule has 0 saturated carbocycles. The van der Waals surface area contributed by atoms with Crippen LogP contribution in [0.2, 0.25) is 0 Å². The molecule has 3 unspecified atom stereocenters. The number of carboxylic acids is 1. The minimum Gasteiger partial charge on any atom is -0.504 e. The first kappa shape index (κ1) is 33.2. The highest BCUT2D eigenvalue weighted by atomic mass is 16.6. The fourth-order valence-corrected chi connectivity index (χ4v) is 7.42. The van der Waals surface area contributed by atoms with Crippen molar-refractivity contribution in [3.8, 4) is 11.5 Å². The van der Waals surface area contributed by atoms with Crippen LogP contribution in [0.4, 0.5) is 0 Å². The van der Waals surface area contributed by atoms with E-state index in [0.717, 1.165) is 12.5 Å². The molecule has 2 aliphatic carbocycles. The standard InChI is InChI=1S/C32H40N2O12/c1-15(2)12-19(29(39)40)33-28(38)16(3)43-30(41)22(44-17(4)35)14-24(37)45-21-8-9-32(42)23-13-18-6-7-20(36)26-25(18)31(32,27(21)46-26)10-11-34(23)5/h6-8,15-16,19,22-23,27,36,42H,9-14H2,1-5H3,(H,33,38)(H,39,40)/t16?,19?,22?,23-,27+,31+,32-/m1/s1. The molecule has 1 spiro atoms. The molecule has 5 rings (SSSR count).